The number of nitro benzene ring substituents is 1. The molecule has 2 heterocycles. The molecule has 0 fully saturated rings. The molecule has 6 rings (SSSR count). The van der Waals surface area contributed by atoms with Gasteiger partial charge in [-0.05, 0) is 78.4 Å². The number of amides is 1. The second-order valence-corrected chi connectivity index (χ2v) is 12.9. The standard InChI is InChI=1S/C31H24Cl2N6O3S2/c32-20-11-12-21(23(33)15-20)28-36-31(38-37-28)44-26-13-10-19(14-24(26)39(41)42)17-35-30-27(22-8-4-5-9-25(22)43-30)29(40)34-16-18-6-2-1-3-7-18/h1-3,6-7,10-15,17H,4-5,8-9,16H2,(H,34,40)(H,36,37,38). The molecule has 0 saturated heterocycles. The van der Waals surface area contributed by atoms with Crippen molar-refractivity contribution in [3.63, 3.8) is 0 Å². The first-order valence-corrected chi connectivity index (χ1v) is 16.1. The third-order valence-electron chi connectivity index (χ3n) is 7.04. The molecule has 3 aromatic carbocycles. The monoisotopic (exact) mass is 662 g/mol. The van der Waals surface area contributed by atoms with Gasteiger partial charge in [-0.1, -0.05) is 59.6 Å². The summed E-state index contributed by atoms with van der Waals surface area (Å²) >= 11 is 14.8. The SMILES string of the molecule is O=C(NCc1ccccc1)c1c(N=Cc2ccc(Sc3n[nH]c(-c4ccc(Cl)cc4Cl)n3)c([N+](=O)[O-])c2)sc2c1CCCC2. The van der Waals surface area contributed by atoms with E-state index in [4.69, 9.17) is 23.2 Å². The maximum absolute atomic E-state index is 13.4. The van der Waals surface area contributed by atoms with E-state index in [2.05, 4.69) is 25.5 Å². The van der Waals surface area contributed by atoms with Crippen molar-refractivity contribution in [2.75, 3.05) is 0 Å². The number of H-pyrrole nitrogens is 1. The number of fused-ring (bicyclic) bond motifs is 1. The Kier molecular flexibility index (Phi) is 9.08. The van der Waals surface area contributed by atoms with Gasteiger partial charge in [0.25, 0.3) is 11.6 Å². The summed E-state index contributed by atoms with van der Waals surface area (Å²) in [5.41, 5.74) is 3.70. The summed E-state index contributed by atoms with van der Waals surface area (Å²) in [6.45, 7) is 0.415. The zero-order valence-corrected chi connectivity index (χ0v) is 26.2. The summed E-state index contributed by atoms with van der Waals surface area (Å²) < 4.78 is 0. The molecule has 2 aromatic heterocycles. The van der Waals surface area contributed by atoms with Crippen molar-refractivity contribution < 1.29 is 9.72 Å². The second kappa shape index (κ2) is 13.3. The summed E-state index contributed by atoms with van der Waals surface area (Å²) in [4.78, 5) is 35.6. The molecular formula is C31H24Cl2N6O3S2. The minimum absolute atomic E-state index is 0.110. The molecule has 5 aromatic rings. The number of nitrogens with zero attached hydrogens (tertiary/aromatic N) is 4. The van der Waals surface area contributed by atoms with Gasteiger partial charge in [0.2, 0.25) is 5.16 Å². The van der Waals surface area contributed by atoms with Gasteiger partial charge in [0.15, 0.2) is 5.82 Å². The van der Waals surface area contributed by atoms with Crippen LogP contribution in [0.4, 0.5) is 10.7 Å². The van der Waals surface area contributed by atoms with Crippen molar-refractivity contribution in [1.29, 1.82) is 0 Å². The molecular weight excluding hydrogens is 639 g/mol. The fraction of sp³-hybridized carbons (Fsp3) is 0.161. The molecule has 222 valence electrons. The van der Waals surface area contributed by atoms with Gasteiger partial charge in [0, 0.05) is 34.3 Å². The maximum Gasteiger partial charge on any atom is 0.283 e. The van der Waals surface area contributed by atoms with Gasteiger partial charge in [-0.2, -0.15) is 0 Å². The lowest BCUT2D eigenvalue weighted by atomic mass is 9.95. The molecule has 0 radical (unpaired) electrons. The van der Waals surface area contributed by atoms with Gasteiger partial charge in [0.05, 0.1) is 20.4 Å². The lowest BCUT2D eigenvalue weighted by Gasteiger charge is -2.12. The number of thiophene rings is 1. The first kappa shape index (κ1) is 30.0. The highest BCUT2D eigenvalue weighted by Crippen LogP contribution is 2.40. The largest absolute Gasteiger partial charge is 0.348 e. The minimum Gasteiger partial charge on any atom is -0.348 e. The summed E-state index contributed by atoms with van der Waals surface area (Å²) in [7, 11) is 0. The van der Waals surface area contributed by atoms with E-state index in [9.17, 15) is 14.9 Å². The van der Waals surface area contributed by atoms with E-state index in [-0.39, 0.29) is 11.6 Å². The predicted octanol–water partition coefficient (Wildman–Crippen LogP) is 8.46. The van der Waals surface area contributed by atoms with Gasteiger partial charge in [-0.3, -0.25) is 20.0 Å². The van der Waals surface area contributed by atoms with Crippen molar-refractivity contribution in [2.45, 2.75) is 42.3 Å². The first-order valence-electron chi connectivity index (χ1n) is 13.7. The van der Waals surface area contributed by atoms with Gasteiger partial charge >= 0.3 is 0 Å². The number of benzene rings is 3. The number of aromatic amines is 1. The Morgan fingerprint density at radius 3 is 2.73 bits per heavy atom. The summed E-state index contributed by atoms with van der Waals surface area (Å²) in [6, 6.07) is 19.6. The predicted molar refractivity (Wildman–Crippen MR) is 175 cm³/mol. The number of aliphatic imine (C=N–C) groups is 1. The van der Waals surface area contributed by atoms with E-state index in [0.29, 0.717) is 54.2 Å². The first-order chi connectivity index (χ1) is 21.4. The summed E-state index contributed by atoms with van der Waals surface area (Å²) in [5.74, 6) is 0.256. The zero-order valence-electron chi connectivity index (χ0n) is 23.0. The molecule has 9 nitrogen and oxygen atoms in total. The lowest BCUT2D eigenvalue weighted by molar-refractivity contribution is -0.387. The van der Waals surface area contributed by atoms with Gasteiger partial charge in [-0.15, -0.1) is 16.4 Å². The quantitative estimate of drug-likeness (QED) is 0.0926. The Bertz CT molecular complexity index is 1890. The third kappa shape index (κ3) is 6.71. The maximum atomic E-state index is 13.4. The molecule has 44 heavy (non-hydrogen) atoms. The Morgan fingerprint density at radius 1 is 1.11 bits per heavy atom. The Morgan fingerprint density at radius 2 is 1.93 bits per heavy atom. The van der Waals surface area contributed by atoms with Crippen LogP contribution in [0.5, 0.6) is 0 Å². The van der Waals surface area contributed by atoms with E-state index in [1.807, 2.05) is 30.3 Å². The van der Waals surface area contributed by atoms with Crippen LogP contribution in [-0.2, 0) is 19.4 Å². The van der Waals surface area contributed by atoms with Gasteiger partial charge in [0.1, 0.15) is 5.00 Å². The lowest BCUT2D eigenvalue weighted by Crippen LogP contribution is -2.24. The molecule has 0 aliphatic heterocycles. The normalized spacial score (nSPS) is 12.8. The molecule has 1 aliphatic carbocycles. The molecule has 2 N–H and O–H groups in total. The highest BCUT2D eigenvalue weighted by molar-refractivity contribution is 7.99. The average molecular weight is 664 g/mol. The number of nitro groups is 1. The van der Waals surface area contributed by atoms with Crippen LogP contribution in [0.15, 0.2) is 81.8 Å². The van der Waals surface area contributed by atoms with Gasteiger partial charge < -0.3 is 5.32 Å². The highest BCUT2D eigenvalue weighted by atomic mass is 35.5. The highest BCUT2D eigenvalue weighted by Gasteiger charge is 2.25. The Hall–Kier alpha value is -4.03. The molecule has 0 saturated carbocycles. The van der Waals surface area contributed by atoms with Crippen LogP contribution in [0.1, 0.15) is 44.8 Å². The second-order valence-electron chi connectivity index (χ2n) is 9.99. The van der Waals surface area contributed by atoms with Crippen LogP contribution in [-0.4, -0.2) is 32.2 Å². The molecule has 1 amide bonds. The molecule has 0 spiro atoms. The number of rotatable bonds is 9. The Labute approximate surface area is 270 Å². The van der Waals surface area contributed by atoms with E-state index < -0.39 is 4.92 Å². The van der Waals surface area contributed by atoms with E-state index >= 15 is 0 Å². The van der Waals surface area contributed by atoms with Crippen LogP contribution >= 0.6 is 46.3 Å². The smallest absolute Gasteiger partial charge is 0.283 e. The molecule has 13 heteroatoms. The zero-order chi connectivity index (χ0) is 30.6. The average Bonchev–Trinajstić information content (AvgIpc) is 3.64. The fourth-order valence-electron chi connectivity index (χ4n) is 4.91. The summed E-state index contributed by atoms with van der Waals surface area (Å²) in [6.07, 6.45) is 5.42. The van der Waals surface area contributed by atoms with Crippen molar-refractivity contribution in [3.8, 4) is 11.4 Å². The minimum atomic E-state index is -0.449. The van der Waals surface area contributed by atoms with Crippen molar-refractivity contribution in [1.82, 2.24) is 20.5 Å². The fourth-order valence-corrected chi connectivity index (χ4v) is 7.44. The van der Waals surface area contributed by atoms with Gasteiger partial charge in [-0.25, -0.2) is 9.98 Å². The van der Waals surface area contributed by atoms with Crippen LogP contribution < -0.4 is 5.32 Å². The topological polar surface area (TPSA) is 126 Å². The van der Waals surface area contributed by atoms with Crippen LogP contribution in [0, 0.1) is 10.1 Å². The van der Waals surface area contributed by atoms with Crippen LogP contribution in [0.25, 0.3) is 11.4 Å². The van der Waals surface area contributed by atoms with Crippen molar-refractivity contribution in [2.24, 2.45) is 4.99 Å². The molecule has 0 unspecified atom stereocenters. The summed E-state index contributed by atoms with van der Waals surface area (Å²) in [5, 5.41) is 23.9. The van der Waals surface area contributed by atoms with E-state index in [1.165, 1.54) is 22.3 Å². The third-order valence-corrected chi connectivity index (χ3v) is 9.72. The number of carbonyl (C=O) groups excluding carboxylic acids is 1. The van der Waals surface area contributed by atoms with Crippen molar-refractivity contribution in [3.05, 3.63) is 114 Å². The number of halogens is 2. The Balaban J connectivity index is 1.23. The van der Waals surface area contributed by atoms with Crippen molar-refractivity contribution >= 4 is 69.1 Å². The van der Waals surface area contributed by atoms with Crippen LogP contribution in [0.3, 0.4) is 0 Å². The van der Waals surface area contributed by atoms with E-state index in [0.717, 1.165) is 48.6 Å². The number of hydrogen-bond acceptors (Lipinski definition) is 8. The number of nitrogens with one attached hydrogen (secondary N) is 2. The number of aryl methyl sites for hydroxylation is 1. The number of hydrogen-bond donors (Lipinski definition) is 2. The number of carbonyl (C=O) groups is 1. The number of aromatic nitrogens is 3. The molecule has 0 atom stereocenters. The molecule has 1 aliphatic rings. The van der Waals surface area contributed by atoms with Crippen LogP contribution in [0.2, 0.25) is 10.0 Å². The van der Waals surface area contributed by atoms with E-state index in [1.54, 1.807) is 36.5 Å². The molecule has 0 bridgehead atoms.